The first-order valence-corrected chi connectivity index (χ1v) is 7.14. The van der Waals surface area contributed by atoms with Gasteiger partial charge in [0.2, 0.25) is 0 Å². The lowest BCUT2D eigenvalue weighted by atomic mass is 10.1. The predicted molar refractivity (Wildman–Crippen MR) is 79.5 cm³/mol. The molecule has 0 amide bonds. The minimum absolute atomic E-state index is 0.805. The highest BCUT2D eigenvalue weighted by Gasteiger charge is 2.07. The summed E-state index contributed by atoms with van der Waals surface area (Å²) in [6.07, 6.45) is 3.64. The third kappa shape index (κ3) is 2.65. The molecule has 0 fully saturated rings. The number of benzene rings is 1. The van der Waals surface area contributed by atoms with Gasteiger partial charge in [-0.25, -0.2) is 0 Å². The van der Waals surface area contributed by atoms with Crippen LogP contribution in [0.4, 0.5) is 0 Å². The molecule has 3 nitrogen and oxygen atoms in total. The molecule has 0 radical (unpaired) electrons. The topological polar surface area (TPSA) is 30.2 Å². The standard InChI is InChI=1S/C14H11BrClN3/c15-11-7-8-19-13(17-18-14(19)9-11)6-5-10-3-1-2-4-12(10)16/h1-4,7-9H,5-6H2. The second kappa shape index (κ2) is 5.31. The summed E-state index contributed by atoms with van der Waals surface area (Å²) in [4.78, 5) is 0. The summed E-state index contributed by atoms with van der Waals surface area (Å²) >= 11 is 9.58. The van der Waals surface area contributed by atoms with Gasteiger partial charge in [-0.3, -0.25) is 4.40 Å². The molecule has 0 unspecified atom stereocenters. The monoisotopic (exact) mass is 335 g/mol. The van der Waals surface area contributed by atoms with Crippen molar-refractivity contribution in [2.75, 3.05) is 0 Å². The summed E-state index contributed by atoms with van der Waals surface area (Å²) in [6.45, 7) is 0. The van der Waals surface area contributed by atoms with Crippen molar-refractivity contribution in [1.82, 2.24) is 14.6 Å². The number of nitrogens with zero attached hydrogens (tertiary/aromatic N) is 3. The SMILES string of the molecule is Clc1ccccc1CCc1nnc2cc(Br)ccn12. The van der Waals surface area contributed by atoms with Crippen molar-refractivity contribution in [3.05, 3.63) is 63.5 Å². The van der Waals surface area contributed by atoms with E-state index in [1.807, 2.05) is 47.0 Å². The first kappa shape index (κ1) is 12.6. The Morgan fingerprint density at radius 3 is 2.79 bits per heavy atom. The number of halogens is 2. The molecule has 0 bridgehead atoms. The molecule has 0 saturated carbocycles. The van der Waals surface area contributed by atoms with Crippen LogP contribution in [0.15, 0.2) is 47.1 Å². The highest BCUT2D eigenvalue weighted by atomic mass is 79.9. The van der Waals surface area contributed by atoms with Gasteiger partial charge in [0, 0.05) is 22.1 Å². The number of pyridine rings is 1. The van der Waals surface area contributed by atoms with E-state index in [1.165, 1.54) is 0 Å². The van der Waals surface area contributed by atoms with Crippen LogP contribution in [-0.2, 0) is 12.8 Å². The summed E-state index contributed by atoms with van der Waals surface area (Å²) < 4.78 is 3.01. The Kier molecular flexibility index (Phi) is 3.53. The molecular weight excluding hydrogens is 326 g/mol. The number of aryl methyl sites for hydroxylation is 2. The van der Waals surface area contributed by atoms with Gasteiger partial charge < -0.3 is 0 Å². The second-order valence-electron chi connectivity index (χ2n) is 4.28. The zero-order valence-corrected chi connectivity index (χ0v) is 12.4. The Morgan fingerprint density at radius 2 is 1.95 bits per heavy atom. The highest BCUT2D eigenvalue weighted by Crippen LogP contribution is 2.18. The molecule has 19 heavy (non-hydrogen) atoms. The van der Waals surface area contributed by atoms with Gasteiger partial charge in [0.05, 0.1) is 0 Å². The largest absolute Gasteiger partial charge is 0.286 e. The van der Waals surface area contributed by atoms with Gasteiger partial charge in [-0.15, -0.1) is 10.2 Å². The van der Waals surface area contributed by atoms with E-state index >= 15 is 0 Å². The van der Waals surface area contributed by atoms with Crippen molar-refractivity contribution < 1.29 is 0 Å². The number of aromatic nitrogens is 3. The van der Waals surface area contributed by atoms with Crippen molar-refractivity contribution in [1.29, 1.82) is 0 Å². The molecular formula is C14H11BrClN3. The average Bonchev–Trinajstić information content (AvgIpc) is 2.80. The number of hydrogen-bond donors (Lipinski definition) is 0. The van der Waals surface area contributed by atoms with Crippen LogP contribution in [0.25, 0.3) is 5.65 Å². The Hall–Kier alpha value is -1.39. The minimum atomic E-state index is 0.805. The maximum absolute atomic E-state index is 6.15. The third-order valence-electron chi connectivity index (χ3n) is 3.02. The lowest BCUT2D eigenvalue weighted by Gasteiger charge is -2.03. The zero-order valence-electron chi connectivity index (χ0n) is 10.1. The molecule has 0 aliphatic carbocycles. The van der Waals surface area contributed by atoms with Gasteiger partial charge in [0.25, 0.3) is 0 Å². The Balaban J connectivity index is 1.84. The van der Waals surface area contributed by atoms with Crippen LogP contribution < -0.4 is 0 Å². The molecule has 5 heteroatoms. The second-order valence-corrected chi connectivity index (χ2v) is 5.60. The van der Waals surface area contributed by atoms with Gasteiger partial charge in [0.15, 0.2) is 5.65 Å². The fourth-order valence-electron chi connectivity index (χ4n) is 2.03. The van der Waals surface area contributed by atoms with Gasteiger partial charge in [-0.1, -0.05) is 45.7 Å². The van der Waals surface area contributed by atoms with E-state index in [2.05, 4.69) is 26.1 Å². The fourth-order valence-corrected chi connectivity index (χ4v) is 2.59. The van der Waals surface area contributed by atoms with Crippen molar-refractivity contribution in [2.45, 2.75) is 12.8 Å². The van der Waals surface area contributed by atoms with Crippen LogP contribution in [0, 0.1) is 0 Å². The van der Waals surface area contributed by atoms with Crippen LogP contribution in [-0.4, -0.2) is 14.6 Å². The van der Waals surface area contributed by atoms with Gasteiger partial charge in [-0.2, -0.15) is 0 Å². The first-order chi connectivity index (χ1) is 9.24. The molecule has 96 valence electrons. The number of rotatable bonds is 3. The van der Waals surface area contributed by atoms with Crippen LogP contribution in [0.3, 0.4) is 0 Å². The summed E-state index contributed by atoms with van der Waals surface area (Å²) in [6, 6.07) is 11.8. The highest BCUT2D eigenvalue weighted by molar-refractivity contribution is 9.10. The summed E-state index contributed by atoms with van der Waals surface area (Å²) in [5.74, 6) is 0.947. The van der Waals surface area contributed by atoms with Crippen LogP contribution in [0.2, 0.25) is 5.02 Å². The molecule has 0 aliphatic rings. The minimum Gasteiger partial charge on any atom is -0.286 e. The summed E-state index contributed by atoms with van der Waals surface area (Å²) in [5.41, 5.74) is 1.99. The maximum Gasteiger partial charge on any atom is 0.161 e. The maximum atomic E-state index is 6.15. The van der Waals surface area contributed by atoms with Gasteiger partial charge >= 0.3 is 0 Å². The third-order valence-corrected chi connectivity index (χ3v) is 3.88. The van der Waals surface area contributed by atoms with Gasteiger partial charge in [0.1, 0.15) is 5.82 Å². The molecule has 2 aromatic heterocycles. The van der Waals surface area contributed by atoms with Crippen LogP contribution in [0.5, 0.6) is 0 Å². The summed E-state index contributed by atoms with van der Waals surface area (Å²) in [7, 11) is 0. The van der Waals surface area contributed by atoms with Crippen molar-refractivity contribution >= 4 is 33.2 Å². The Labute approximate surface area is 124 Å². The van der Waals surface area contributed by atoms with E-state index in [0.29, 0.717) is 0 Å². The number of fused-ring (bicyclic) bond motifs is 1. The molecule has 0 atom stereocenters. The van der Waals surface area contributed by atoms with Gasteiger partial charge in [-0.05, 0) is 30.2 Å². The molecule has 0 saturated heterocycles. The lowest BCUT2D eigenvalue weighted by Crippen LogP contribution is -1.98. The molecule has 1 aromatic carbocycles. The van der Waals surface area contributed by atoms with Crippen LogP contribution in [0.1, 0.15) is 11.4 Å². The van der Waals surface area contributed by atoms with E-state index in [-0.39, 0.29) is 0 Å². The lowest BCUT2D eigenvalue weighted by molar-refractivity contribution is 0.839. The summed E-state index contributed by atoms with van der Waals surface area (Å²) in [5, 5.41) is 9.20. The fraction of sp³-hybridized carbons (Fsp3) is 0.143. The van der Waals surface area contributed by atoms with E-state index in [9.17, 15) is 0 Å². The molecule has 3 aromatic rings. The number of hydrogen-bond acceptors (Lipinski definition) is 2. The predicted octanol–water partition coefficient (Wildman–Crippen LogP) is 3.93. The van der Waals surface area contributed by atoms with E-state index in [0.717, 1.165) is 39.4 Å². The van der Waals surface area contributed by atoms with Crippen molar-refractivity contribution in [2.24, 2.45) is 0 Å². The molecule has 3 rings (SSSR count). The van der Waals surface area contributed by atoms with E-state index in [1.54, 1.807) is 0 Å². The molecule has 2 heterocycles. The zero-order chi connectivity index (χ0) is 13.2. The Bertz CT molecular complexity index is 724. The molecule has 0 N–H and O–H groups in total. The van der Waals surface area contributed by atoms with Crippen molar-refractivity contribution in [3.63, 3.8) is 0 Å². The average molecular weight is 337 g/mol. The Morgan fingerprint density at radius 1 is 1.11 bits per heavy atom. The quantitative estimate of drug-likeness (QED) is 0.725. The van der Waals surface area contributed by atoms with E-state index < -0.39 is 0 Å². The molecule has 0 aliphatic heterocycles. The van der Waals surface area contributed by atoms with E-state index in [4.69, 9.17) is 11.6 Å². The van der Waals surface area contributed by atoms with Crippen molar-refractivity contribution in [3.8, 4) is 0 Å². The van der Waals surface area contributed by atoms with Crippen LogP contribution >= 0.6 is 27.5 Å². The normalized spacial score (nSPS) is 11.1. The molecule has 0 spiro atoms. The first-order valence-electron chi connectivity index (χ1n) is 5.96. The smallest absolute Gasteiger partial charge is 0.161 e.